The number of hydrogen-bond donors (Lipinski definition) is 1. The largest absolute Gasteiger partial charge is 0.378 e. The van der Waals surface area contributed by atoms with Crippen LogP contribution in [0.5, 0.6) is 0 Å². The first kappa shape index (κ1) is 27.1. The van der Waals surface area contributed by atoms with Crippen molar-refractivity contribution < 1.29 is 17.5 Å². The van der Waals surface area contributed by atoms with Gasteiger partial charge < -0.3 is 19.9 Å². The highest BCUT2D eigenvalue weighted by Gasteiger charge is 2.38. The molecule has 3 aromatic rings. The maximum absolute atomic E-state index is 13.3. The molecule has 1 aromatic heterocycles. The summed E-state index contributed by atoms with van der Waals surface area (Å²) in [6.45, 7) is 5.81. The Labute approximate surface area is 235 Å². The summed E-state index contributed by atoms with van der Waals surface area (Å²) in [6.07, 6.45) is 2.26. The molecule has 1 saturated carbocycles. The van der Waals surface area contributed by atoms with E-state index in [0.717, 1.165) is 61.1 Å². The van der Waals surface area contributed by atoms with Gasteiger partial charge in [-0.05, 0) is 48.4 Å². The number of benzene rings is 2. The summed E-state index contributed by atoms with van der Waals surface area (Å²) in [7, 11) is -3.21. The molecular weight excluding hydrogens is 531 g/mol. The second kappa shape index (κ2) is 11.4. The van der Waals surface area contributed by atoms with Gasteiger partial charge in [0.1, 0.15) is 11.6 Å². The van der Waals surface area contributed by atoms with Gasteiger partial charge in [-0.1, -0.05) is 12.1 Å². The molecule has 0 amide bonds. The van der Waals surface area contributed by atoms with Crippen molar-refractivity contribution in [2.24, 2.45) is 0 Å². The molecule has 1 N–H and O–H groups in total. The van der Waals surface area contributed by atoms with Gasteiger partial charge in [0, 0.05) is 75.1 Å². The Morgan fingerprint density at radius 3 is 2.30 bits per heavy atom. The van der Waals surface area contributed by atoms with Gasteiger partial charge >= 0.3 is 0 Å². The SMILES string of the molecule is CS(=O)(=O)N1CCN(c2cc(CN[C@@H]3C[C@H]3c3ccc(F)cc3)nc(-c3ccc(N4CCOCC4)cc3)n2)CC1. The molecule has 0 spiro atoms. The molecule has 3 aliphatic rings. The lowest BCUT2D eigenvalue weighted by molar-refractivity contribution is 0.122. The number of piperazine rings is 1. The van der Waals surface area contributed by atoms with E-state index in [0.29, 0.717) is 50.5 Å². The van der Waals surface area contributed by atoms with Crippen molar-refractivity contribution in [3.05, 3.63) is 71.7 Å². The number of morpholine rings is 1. The first-order valence-corrected chi connectivity index (χ1v) is 15.7. The summed E-state index contributed by atoms with van der Waals surface area (Å²) in [5, 5.41) is 3.62. The maximum atomic E-state index is 13.3. The fraction of sp³-hybridized carbons (Fsp3) is 0.448. The molecule has 2 aromatic carbocycles. The molecule has 6 rings (SSSR count). The Morgan fingerprint density at radius 2 is 1.62 bits per heavy atom. The maximum Gasteiger partial charge on any atom is 0.211 e. The number of sulfonamides is 1. The van der Waals surface area contributed by atoms with Gasteiger partial charge in [0.2, 0.25) is 10.0 Å². The molecule has 9 nitrogen and oxygen atoms in total. The predicted molar refractivity (Wildman–Crippen MR) is 154 cm³/mol. The molecule has 0 unspecified atom stereocenters. The van der Waals surface area contributed by atoms with E-state index < -0.39 is 10.0 Å². The van der Waals surface area contributed by atoms with E-state index in [4.69, 9.17) is 14.7 Å². The molecule has 1 aliphatic carbocycles. The van der Waals surface area contributed by atoms with Crippen molar-refractivity contribution in [2.45, 2.75) is 24.9 Å². The lowest BCUT2D eigenvalue weighted by Gasteiger charge is -2.34. The number of aromatic nitrogens is 2. The third-order valence-corrected chi connectivity index (χ3v) is 9.24. The first-order valence-electron chi connectivity index (χ1n) is 13.8. The van der Waals surface area contributed by atoms with E-state index in [2.05, 4.69) is 39.4 Å². The summed E-state index contributed by atoms with van der Waals surface area (Å²) in [6, 6.07) is 17.4. The third kappa shape index (κ3) is 6.27. The summed E-state index contributed by atoms with van der Waals surface area (Å²) in [5.41, 5.74) is 4.12. The van der Waals surface area contributed by atoms with Crippen LogP contribution in [-0.2, 0) is 21.3 Å². The number of rotatable bonds is 8. The fourth-order valence-corrected chi connectivity index (χ4v) is 6.32. The number of anilines is 2. The standard InChI is InChI=1S/C29H35FN6O3S/c1-40(37,38)36-12-10-35(11-13-36)28-18-24(20-31-27-19-26(27)21-2-6-23(30)7-3-21)32-29(33-28)22-4-8-25(9-5-22)34-14-16-39-17-15-34/h2-9,18,26-27,31H,10-17,19-20H2,1H3/t26-,27+/m0/s1. The van der Waals surface area contributed by atoms with Crippen molar-refractivity contribution in [2.75, 3.05) is 68.5 Å². The Morgan fingerprint density at radius 1 is 0.925 bits per heavy atom. The van der Waals surface area contributed by atoms with Crippen LogP contribution in [0.25, 0.3) is 11.4 Å². The Kier molecular flexibility index (Phi) is 7.71. The number of hydrogen-bond acceptors (Lipinski definition) is 8. The summed E-state index contributed by atoms with van der Waals surface area (Å²) in [5.74, 6) is 1.61. The van der Waals surface area contributed by atoms with E-state index in [1.165, 1.54) is 22.7 Å². The minimum absolute atomic E-state index is 0.217. The monoisotopic (exact) mass is 566 g/mol. The zero-order valence-corrected chi connectivity index (χ0v) is 23.5. The second-order valence-corrected chi connectivity index (χ2v) is 12.7. The molecule has 3 fully saturated rings. The van der Waals surface area contributed by atoms with Crippen molar-refractivity contribution in [1.82, 2.24) is 19.6 Å². The smallest absolute Gasteiger partial charge is 0.211 e. The van der Waals surface area contributed by atoms with Crippen molar-refractivity contribution in [1.29, 1.82) is 0 Å². The number of nitrogens with zero attached hydrogens (tertiary/aromatic N) is 5. The Hall–Kier alpha value is -3.12. The Balaban J connectivity index is 1.20. The van der Waals surface area contributed by atoms with Gasteiger partial charge in [-0.15, -0.1) is 0 Å². The molecule has 0 bridgehead atoms. The normalized spacial score (nSPS) is 21.9. The van der Waals surface area contributed by atoms with Gasteiger partial charge in [0.05, 0.1) is 25.2 Å². The molecule has 2 saturated heterocycles. The van der Waals surface area contributed by atoms with E-state index in [-0.39, 0.29) is 5.82 Å². The topological polar surface area (TPSA) is 90.9 Å². The molecule has 0 radical (unpaired) electrons. The molecular formula is C29H35FN6O3S. The number of nitrogens with one attached hydrogen (secondary N) is 1. The van der Waals surface area contributed by atoms with Crippen LogP contribution in [0.1, 0.15) is 23.6 Å². The summed E-state index contributed by atoms with van der Waals surface area (Å²) in [4.78, 5) is 14.3. The molecule has 3 heterocycles. The molecule has 2 aliphatic heterocycles. The first-order chi connectivity index (χ1) is 19.3. The highest BCUT2D eigenvalue weighted by atomic mass is 32.2. The lowest BCUT2D eigenvalue weighted by Crippen LogP contribution is -2.48. The van der Waals surface area contributed by atoms with E-state index in [9.17, 15) is 12.8 Å². The average Bonchev–Trinajstić information content (AvgIpc) is 3.76. The quantitative estimate of drug-likeness (QED) is 0.445. The summed E-state index contributed by atoms with van der Waals surface area (Å²) < 4.78 is 44.3. The van der Waals surface area contributed by atoms with Crippen LogP contribution in [0.15, 0.2) is 54.6 Å². The lowest BCUT2D eigenvalue weighted by atomic mass is 10.1. The van der Waals surface area contributed by atoms with Crippen LogP contribution in [0.2, 0.25) is 0 Å². The van der Waals surface area contributed by atoms with Crippen molar-refractivity contribution in [3.63, 3.8) is 0 Å². The second-order valence-electron chi connectivity index (χ2n) is 10.7. The van der Waals surface area contributed by atoms with Gasteiger partial charge in [-0.2, -0.15) is 4.31 Å². The van der Waals surface area contributed by atoms with Gasteiger partial charge in [0.15, 0.2) is 5.82 Å². The van der Waals surface area contributed by atoms with Gasteiger partial charge in [0.25, 0.3) is 0 Å². The van der Waals surface area contributed by atoms with Crippen LogP contribution < -0.4 is 15.1 Å². The van der Waals surface area contributed by atoms with Crippen LogP contribution in [0, 0.1) is 5.82 Å². The zero-order valence-electron chi connectivity index (χ0n) is 22.7. The number of halogens is 1. The van der Waals surface area contributed by atoms with Crippen molar-refractivity contribution in [3.8, 4) is 11.4 Å². The van der Waals surface area contributed by atoms with Crippen LogP contribution >= 0.6 is 0 Å². The van der Waals surface area contributed by atoms with Crippen molar-refractivity contribution >= 4 is 21.5 Å². The summed E-state index contributed by atoms with van der Waals surface area (Å²) >= 11 is 0. The highest BCUT2D eigenvalue weighted by molar-refractivity contribution is 7.88. The third-order valence-electron chi connectivity index (χ3n) is 7.93. The Bertz CT molecular complexity index is 1420. The van der Waals surface area contributed by atoms with Crippen LogP contribution in [0.4, 0.5) is 15.9 Å². The average molecular weight is 567 g/mol. The number of ether oxygens (including phenoxy) is 1. The highest BCUT2D eigenvalue weighted by Crippen LogP contribution is 2.41. The van der Waals surface area contributed by atoms with E-state index in [1.54, 1.807) is 0 Å². The van der Waals surface area contributed by atoms with Crippen LogP contribution in [-0.4, -0.2) is 87.5 Å². The zero-order chi connectivity index (χ0) is 27.7. The van der Waals surface area contributed by atoms with Gasteiger partial charge in [-0.3, -0.25) is 0 Å². The molecule has 212 valence electrons. The van der Waals surface area contributed by atoms with Gasteiger partial charge in [-0.25, -0.2) is 22.8 Å². The van der Waals surface area contributed by atoms with E-state index in [1.807, 2.05) is 18.2 Å². The molecule has 2 atom stereocenters. The van der Waals surface area contributed by atoms with E-state index >= 15 is 0 Å². The fourth-order valence-electron chi connectivity index (χ4n) is 5.49. The molecule has 40 heavy (non-hydrogen) atoms. The molecule has 11 heteroatoms. The van der Waals surface area contributed by atoms with Crippen LogP contribution in [0.3, 0.4) is 0 Å². The minimum Gasteiger partial charge on any atom is -0.378 e. The minimum atomic E-state index is -3.21. The predicted octanol–water partition coefficient (Wildman–Crippen LogP) is 2.85.